The van der Waals surface area contributed by atoms with E-state index in [0.717, 1.165) is 66.0 Å². The van der Waals surface area contributed by atoms with Crippen LogP contribution in [0.15, 0.2) is 35.5 Å². The Morgan fingerprint density at radius 2 is 1.96 bits per heavy atom. The number of fused-ring (bicyclic) bond motifs is 2. The fourth-order valence-corrected chi connectivity index (χ4v) is 3.86. The molecule has 0 atom stereocenters. The zero-order valence-corrected chi connectivity index (χ0v) is 15.8. The number of ether oxygens (including phenoxy) is 2. The summed E-state index contributed by atoms with van der Waals surface area (Å²) >= 11 is 0. The lowest BCUT2D eigenvalue weighted by Crippen LogP contribution is -2.31. The summed E-state index contributed by atoms with van der Waals surface area (Å²) in [5.41, 5.74) is 2.96. The molecule has 0 aliphatic carbocycles. The van der Waals surface area contributed by atoms with Gasteiger partial charge in [0, 0.05) is 31.6 Å². The number of anilines is 2. The van der Waals surface area contributed by atoms with E-state index >= 15 is 0 Å². The molecule has 1 saturated heterocycles. The molecule has 1 fully saturated rings. The Balaban J connectivity index is 1.29. The second-order valence-electron chi connectivity index (χ2n) is 7.29. The average molecular weight is 380 g/mol. The molecule has 0 saturated carbocycles. The van der Waals surface area contributed by atoms with Gasteiger partial charge in [0.2, 0.25) is 6.79 Å². The third-order valence-electron chi connectivity index (χ3n) is 5.37. The average Bonchev–Trinajstić information content (AvgIpc) is 3.22. The van der Waals surface area contributed by atoms with Gasteiger partial charge in [0.1, 0.15) is 18.2 Å². The molecule has 2 aromatic rings. The Labute approximate surface area is 164 Å². The highest BCUT2D eigenvalue weighted by Gasteiger charge is 2.20. The number of oxime groups is 1. The van der Waals surface area contributed by atoms with Crippen molar-refractivity contribution in [2.24, 2.45) is 5.16 Å². The molecule has 3 aliphatic rings. The quantitative estimate of drug-likeness (QED) is 0.819. The molecule has 3 aliphatic heterocycles. The summed E-state index contributed by atoms with van der Waals surface area (Å²) in [6.45, 7) is 3.66. The van der Waals surface area contributed by atoms with Crippen LogP contribution in [0.4, 0.5) is 11.6 Å². The Kier molecular flexibility index (Phi) is 4.64. The standard InChI is InChI=1S/C21H24N4O3/c1-2-10-25(11-3-1)20-7-5-16-17(8-9-22-21(16)23-20)24-28-13-15-4-6-18-19(12-15)27-14-26-18/h4-7,12H,1-3,8-11,13-14H2,(H,22,23)/b24-17+. The molecule has 7 heteroatoms. The minimum Gasteiger partial charge on any atom is -0.454 e. The number of piperidine rings is 1. The Bertz CT molecular complexity index is 893. The van der Waals surface area contributed by atoms with Gasteiger partial charge >= 0.3 is 0 Å². The summed E-state index contributed by atoms with van der Waals surface area (Å²) in [6, 6.07) is 10.0. The van der Waals surface area contributed by atoms with E-state index in [4.69, 9.17) is 19.3 Å². The topological polar surface area (TPSA) is 68.2 Å². The van der Waals surface area contributed by atoms with Crippen LogP contribution in [0.25, 0.3) is 0 Å². The van der Waals surface area contributed by atoms with E-state index in [2.05, 4.69) is 27.5 Å². The molecule has 4 heterocycles. The zero-order chi connectivity index (χ0) is 18.8. The lowest BCUT2D eigenvalue weighted by molar-refractivity contribution is 0.130. The molecular weight excluding hydrogens is 356 g/mol. The van der Waals surface area contributed by atoms with Crippen LogP contribution in [-0.2, 0) is 11.4 Å². The summed E-state index contributed by atoms with van der Waals surface area (Å²) in [5.74, 6) is 3.49. The van der Waals surface area contributed by atoms with E-state index in [-0.39, 0.29) is 6.79 Å². The van der Waals surface area contributed by atoms with Crippen LogP contribution in [0.5, 0.6) is 11.5 Å². The lowest BCUT2D eigenvalue weighted by Gasteiger charge is -2.29. The van der Waals surface area contributed by atoms with Crippen molar-refractivity contribution < 1.29 is 14.3 Å². The van der Waals surface area contributed by atoms with Crippen LogP contribution in [0.2, 0.25) is 0 Å². The van der Waals surface area contributed by atoms with Crippen molar-refractivity contribution >= 4 is 17.3 Å². The highest BCUT2D eigenvalue weighted by Crippen LogP contribution is 2.32. The maximum absolute atomic E-state index is 5.65. The number of rotatable bonds is 4. The first-order chi connectivity index (χ1) is 13.9. The number of pyridine rings is 1. The highest BCUT2D eigenvalue weighted by molar-refractivity contribution is 6.05. The molecule has 7 nitrogen and oxygen atoms in total. The highest BCUT2D eigenvalue weighted by atomic mass is 16.7. The third kappa shape index (κ3) is 3.44. The van der Waals surface area contributed by atoms with Crippen LogP contribution in [0.3, 0.4) is 0 Å². The number of benzene rings is 1. The minimum atomic E-state index is 0.276. The van der Waals surface area contributed by atoms with Gasteiger partial charge in [0.25, 0.3) is 0 Å². The third-order valence-corrected chi connectivity index (χ3v) is 5.37. The van der Waals surface area contributed by atoms with Crippen LogP contribution < -0.4 is 19.7 Å². The van der Waals surface area contributed by atoms with Gasteiger partial charge in [-0.05, 0) is 49.1 Å². The van der Waals surface area contributed by atoms with Crippen molar-refractivity contribution in [3.63, 3.8) is 0 Å². The number of aromatic nitrogens is 1. The lowest BCUT2D eigenvalue weighted by atomic mass is 10.0. The van der Waals surface area contributed by atoms with E-state index in [9.17, 15) is 0 Å². The molecule has 28 heavy (non-hydrogen) atoms. The molecule has 5 rings (SSSR count). The van der Waals surface area contributed by atoms with Gasteiger partial charge < -0.3 is 24.5 Å². The van der Waals surface area contributed by atoms with Crippen molar-refractivity contribution in [1.82, 2.24) is 4.98 Å². The Hall–Kier alpha value is -2.96. The van der Waals surface area contributed by atoms with Crippen molar-refractivity contribution in [2.75, 3.05) is 36.6 Å². The summed E-state index contributed by atoms with van der Waals surface area (Å²) in [7, 11) is 0. The summed E-state index contributed by atoms with van der Waals surface area (Å²) in [4.78, 5) is 12.9. The maximum Gasteiger partial charge on any atom is 0.231 e. The number of hydrogen-bond donors (Lipinski definition) is 1. The number of nitrogens with one attached hydrogen (secondary N) is 1. The van der Waals surface area contributed by atoms with Crippen molar-refractivity contribution in [1.29, 1.82) is 0 Å². The molecule has 1 N–H and O–H groups in total. The molecule has 0 unspecified atom stereocenters. The van der Waals surface area contributed by atoms with Gasteiger partial charge in [0.05, 0.1) is 5.71 Å². The van der Waals surface area contributed by atoms with Crippen molar-refractivity contribution in [2.45, 2.75) is 32.3 Å². The first-order valence-electron chi connectivity index (χ1n) is 9.94. The smallest absolute Gasteiger partial charge is 0.231 e. The van der Waals surface area contributed by atoms with E-state index in [1.165, 1.54) is 19.3 Å². The molecule has 146 valence electrons. The van der Waals surface area contributed by atoms with Gasteiger partial charge in [0.15, 0.2) is 11.5 Å². The zero-order valence-electron chi connectivity index (χ0n) is 15.8. The van der Waals surface area contributed by atoms with E-state index < -0.39 is 0 Å². The van der Waals surface area contributed by atoms with Crippen LogP contribution in [0, 0.1) is 0 Å². The summed E-state index contributed by atoms with van der Waals surface area (Å²) < 4.78 is 10.7. The predicted molar refractivity (Wildman–Crippen MR) is 107 cm³/mol. The summed E-state index contributed by atoms with van der Waals surface area (Å²) in [6.07, 6.45) is 4.62. The van der Waals surface area contributed by atoms with Crippen molar-refractivity contribution in [3.8, 4) is 11.5 Å². The van der Waals surface area contributed by atoms with E-state index in [0.29, 0.717) is 6.61 Å². The fraction of sp³-hybridized carbons (Fsp3) is 0.429. The molecule has 0 amide bonds. The van der Waals surface area contributed by atoms with Gasteiger partial charge in [-0.2, -0.15) is 0 Å². The first-order valence-corrected chi connectivity index (χ1v) is 9.94. The Morgan fingerprint density at radius 3 is 2.89 bits per heavy atom. The SMILES string of the molecule is c1cc2c(cc1CO/N=C1\CCNc3nc(N4CCCCC4)ccc31)OCO2. The first kappa shape index (κ1) is 17.2. The van der Waals surface area contributed by atoms with Gasteiger partial charge in [-0.1, -0.05) is 11.2 Å². The van der Waals surface area contributed by atoms with Crippen LogP contribution in [0.1, 0.15) is 36.8 Å². The molecule has 1 aromatic heterocycles. The normalized spacial score (nSPS) is 19.3. The van der Waals surface area contributed by atoms with Gasteiger partial charge in [-0.15, -0.1) is 0 Å². The monoisotopic (exact) mass is 380 g/mol. The fourth-order valence-electron chi connectivity index (χ4n) is 3.86. The minimum absolute atomic E-state index is 0.276. The predicted octanol–water partition coefficient (Wildman–Crippen LogP) is 3.54. The molecule has 0 radical (unpaired) electrons. The molecule has 0 bridgehead atoms. The maximum atomic E-state index is 5.65. The van der Waals surface area contributed by atoms with Crippen molar-refractivity contribution in [3.05, 3.63) is 41.5 Å². The number of hydrogen-bond acceptors (Lipinski definition) is 7. The second-order valence-corrected chi connectivity index (χ2v) is 7.29. The van der Waals surface area contributed by atoms with Gasteiger partial charge in [-0.25, -0.2) is 4.98 Å². The largest absolute Gasteiger partial charge is 0.454 e. The molecule has 0 spiro atoms. The molecule has 1 aromatic carbocycles. The van der Waals surface area contributed by atoms with Crippen LogP contribution in [-0.4, -0.2) is 37.1 Å². The van der Waals surface area contributed by atoms with E-state index in [1.54, 1.807) is 0 Å². The Morgan fingerprint density at radius 1 is 1.07 bits per heavy atom. The molecular formula is C21H24N4O3. The number of nitrogens with zero attached hydrogens (tertiary/aromatic N) is 3. The van der Waals surface area contributed by atoms with Gasteiger partial charge in [-0.3, -0.25) is 0 Å². The second kappa shape index (κ2) is 7.58. The van der Waals surface area contributed by atoms with Crippen LogP contribution >= 0.6 is 0 Å². The van der Waals surface area contributed by atoms with E-state index in [1.807, 2.05) is 18.2 Å². The summed E-state index contributed by atoms with van der Waals surface area (Å²) in [5, 5.41) is 7.81.